The van der Waals surface area contributed by atoms with Crippen LogP contribution >= 0.6 is 0 Å². The Morgan fingerprint density at radius 3 is 2.79 bits per heavy atom. The summed E-state index contributed by atoms with van der Waals surface area (Å²) in [5, 5.41) is 3.14. The molecule has 1 rings (SSSR count). The third kappa shape index (κ3) is 5.13. The summed E-state index contributed by atoms with van der Waals surface area (Å²) < 4.78 is 4.62. The van der Waals surface area contributed by atoms with E-state index in [1.807, 2.05) is 14.1 Å². The monoisotopic (exact) mass is 266 g/mol. The molecule has 0 unspecified atom stereocenters. The molecule has 1 aromatic rings. The van der Waals surface area contributed by atoms with Crippen molar-refractivity contribution in [3.63, 3.8) is 0 Å². The lowest BCUT2D eigenvalue weighted by Crippen LogP contribution is -2.15. The van der Waals surface area contributed by atoms with Gasteiger partial charge in [0.25, 0.3) is 0 Å². The number of carbonyl (C=O) groups excluding carboxylic acids is 1. The van der Waals surface area contributed by atoms with Gasteiger partial charge in [-0.15, -0.1) is 0 Å². The number of unbranched alkanes of at least 4 members (excludes halogenated alkanes) is 1. The van der Waals surface area contributed by atoms with Crippen molar-refractivity contribution in [3.8, 4) is 0 Å². The van der Waals surface area contributed by atoms with E-state index >= 15 is 0 Å². The largest absolute Gasteiger partial charge is 0.464 e. The summed E-state index contributed by atoms with van der Waals surface area (Å²) >= 11 is 0. The Labute approximate surface area is 113 Å². The number of ether oxygens (including phenoxy) is 1. The Bertz CT molecular complexity index is 421. The maximum absolute atomic E-state index is 11.4. The zero-order chi connectivity index (χ0) is 14.3. The van der Waals surface area contributed by atoms with Crippen LogP contribution in [0.1, 0.15) is 23.3 Å². The van der Waals surface area contributed by atoms with E-state index in [2.05, 4.69) is 19.9 Å². The molecule has 1 aromatic heterocycles. The first-order valence-corrected chi connectivity index (χ1v) is 6.28. The molecule has 0 aliphatic heterocycles. The van der Waals surface area contributed by atoms with Crippen molar-refractivity contribution in [2.24, 2.45) is 0 Å². The van der Waals surface area contributed by atoms with E-state index in [1.165, 1.54) is 7.11 Å². The minimum Gasteiger partial charge on any atom is -0.464 e. The number of nitrogen functional groups attached to an aromatic ring is 1. The molecule has 0 saturated heterocycles. The van der Waals surface area contributed by atoms with Crippen molar-refractivity contribution in [1.82, 2.24) is 9.88 Å². The topological polar surface area (TPSA) is 80.5 Å². The van der Waals surface area contributed by atoms with Gasteiger partial charge in [0, 0.05) is 6.54 Å². The Hall–Kier alpha value is -1.82. The van der Waals surface area contributed by atoms with Crippen molar-refractivity contribution in [1.29, 1.82) is 0 Å². The second-order valence-corrected chi connectivity index (χ2v) is 4.56. The molecule has 6 heteroatoms. The van der Waals surface area contributed by atoms with Crippen LogP contribution in [0.25, 0.3) is 0 Å². The van der Waals surface area contributed by atoms with E-state index in [0.29, 0.717) is 11.5 Å². The van der Waals surface area contributed by atoms with Gasteiger partial charge < -0.3 is 20.7 Å². The van der Waals surface area contributed by atoms with Crippen molar-refractivity contribution in [3.05, 3.63) is 17.8 Å². The van der Waals surface area contributed by atoms with Crippen LogP contribution in [-0.2, 0) is 4.74 Å². The van der Waals surface area contributed by atoms with E-state index in [1.54, 1.807) is 12.1 Å². The van der Waals surface area contributed by atoms with Gasteiger partial charge in [0.05, 0.1) is 12.8 Å². The van der Waals surface area contributed by atoms with Gasteiger partial charge in [0.1, 0.15) is 5.82 Å². The highest BCUT2D eigenvalue weighted by Crippen LogP contribution is 2.16. The number of esters is 1. The van der Waals surface area contributed by atoms with Gasteiger partial charge in [-0.3, -0.25) is 0 Å². The van der Waals surface area contributed by atoms with Crippen molar-refractivity contribution >= 4 is 17.5 Å². The Balaban J connectivity index is 2.50. The van der Waals surface area contributed by atoms with Crippen molar-refractivity contribution in [2.45, 2.75) is 12.8 Å². The van der Waals surface area contributed by atoms with Crippen LogP contribution in [0.3, 0.4) is 0 Å². The first-order valence-electron chi connectivity index (χ1n) is 6.28. The van der Waals surface area contributed by atoms with Gasteiger partial charge in [-0.25, -0.2) is 9.78 Å². The zero-order valence-electron chi connectivity index (χ0n) is 11.8. The third-order valence-electron chi connectivity index (χ3n) is 2.65. The molecule has 0 saturated carbocycles. The SMILES string of the molecule is COC(=O)c1ccc(N)c(NCCCCN(C)C)n1. The molecule has 6 nitrogen and oxygen atoms in total. The Kier molecular flexibility index (Phi) is 6.08. The van der Waals surface area contributed by atoms with E-state index in [0.717, 1.165) is 25.9 Å². The van der Waals surface area contributed by atoms with Gasteiger partial charge in [-0.2, -0.15) is 0 Å². The van der Waals surface area contributed by atoms with E-state index in [9.17, 15) is 4.79 Å². The Morgan fingerprint density at radius 2 is 2.16 bits per heavy atom. The molecule has 0 radical (unpaired) electrons. The molecule has 0 aromatic carbocycles. The number of hydrogen-bond acceptors (Lipinski definition) is 6. The molecular formula is C13H22N4O2. The van der Waals surface area contributed by atoms with Gasteiger partial charge in [-0.1, -0.05) is 0 Å². The highest BCUT2D eigenvalue weighted by atomic mass is 16.5. The van der Waals surface area contributed by atoms with Crippen LogP contribution in [0.2, 0.25) is 0 Å². The number of aromatic nitrogens is 1. The van der Waals surface area contributed by atoms with Crippen LogP contribution in [0.5, 0.6) is 0 Å². The maximum Gasteiger partial charge on any atom is 0.356 e. The second kappa shape index (κ2) is 7.58. The molecule has 0 aliphatic carbocycles. The average molecular weight is 266 g/mol. The fraction of sp³-hybridized carbons (Fsp3) is 0.538. The summed E-state index contributed by atoms with van der Waals surface area (Å²) in [6.45, 7) is 1.82. The summed E-state index contributed by atoms with van der Waals surface area (Å²) in [5.74, 6) is 0.0726. The molecule has 3 N–H and O–H groups in total. The number of nitrogens with zero attached hydrogens (tertiary/aromatic N) is 2. The lowest BCUT2D eigenvalue weighted by molar-refractivity contribution is 0.0594. The predicted octanol–water partition coefficient (Wildman–Crippen LogP) is 1.20. The number of methoxy groups -OCH3 is 1. The van der Waals surface area contributed by atoms with E-state index in [-0.39, 0.29) is 5.69 Å². The lowest BCUT2D eigenvalue weighted by atomic mass is 10.3. The van der Waals surface area contributed by atoms with Gasteiger partial charge in [-0.05, 0) is 45.6 Å². The number of anilines is 2. The molecule has 0 aliphatic rings. The predicted molar refractivity (Wildman–Crippen MR) is 76.3 cm³/mol. The fourth-order valence-corrected chi connectivity index (χ4v) is 1.59. The summed E-state index contributed by atoms with van der Waals surface area (Å²) in [6.07, 6.45) is 2.11. The summed E-state index contributed by atoms with van der Waals surface area (Å²) in [5.41, 5.74) is 6.59. The van der Waals surface area contributed by atoms with Crippen LogP contribution in [0.15, 0.2) is 12.1 Å². The third-order valence-corrected chi connectivity index (χ3v) is 2.65. The number of carbonyl (C=O) groups is 1. The van der Waals surface area contributed by atoms with Crippen LogP contribution in [0, 0.1) is 0 Å². The molecule has 0 amide bonds. The maximum atomic E-state index is 11.4. The molecule has 0 spiro atoms. The highest BCUT2D eigenvalue weighted by molar-refractivity contribution is 5.88. The molecule has 0 fully saturated rings. The highest BCUT2D eigenvalue weighted by Gasteiger charge is 2.09. The number of pyridine rings is 1. The first-order chi connectivity index (χ1) is 9.04. The van der Waals surface area contributed by atoms with Crippen LogP contribution in [0.4, 0.5) is 11.5 Å². The van der Waals surface area contributed by atoms with Crippen LogP contribution < -0.4 is 11.1 Å². The van der Waals surface area contributed by atoms with Crippen LogP contribution in [-0.4, -0.2) is 50.1 Å². The van der Waals surface area contributed by atoms with Crippen molar-refractivity contribution in [2.75, 3.05) is 45.3 Å². The summed E-state index contributed by atoms with van der Waals surface area (Å²) in [4.78, 5) is 17.7. The zero-order valence-corrected chi connectivity index (χ0v) is 11.8. The first kappa shape index (κ1) is 15.2. The quantitative estimate of drug-likeness (QED) is 0.570. The van der Waals surface area contributed by atoms with Crippen molar-refractivity contribution < 1.29 is 9.53 Å². The molecule has 1 heterocycles. The minimum atomic E-state index is -0.462. The van der Waals surface area contributed by atoms with Gasteiger partial charge in [0.15, 0.2) is 5.69 Å². The standard InChI is InChI=1S/C13H22N4O2/c1-17(2)9-5-4-8-15-12-10(14)6-7-11(16-12)13(18)19-3/h6-7H,4-5,8-9,14H2,1-3H3,(H,15,16). The molecule has 0 atom stereocenters. The number of rotatable bonds is 7. The minimum absolute atomic E-state index is 0.257. The van der Waals surface area contributed by atoms with E-state index in [4.69, 9.17) is 5.73 Å². The van der Waals surface area contributed by atoms with Gasteiger partial charge in [0.2, 0.25) is 0 Å². The van der Waals surface area contributed by atoms with Gasteiger partial charge >= 0.3 is 5.97 Å². The normalized spacial score (nSPS) is 10.5. The molecule has 106 valence electrons. The Morgan fingerprint density at radius 1 is 1.42 bits per heavy atom. The lowest BCUT2D eigenvalue weighted by Gasteiger charge is -2.11. The second-order valence-electron chi connectivity index (χ2n) is 4.56. The summed E-state index contributed by atoms with van der Waals surface area (Å²) in [6, 6.07) is 3.21. The van der Waals surface area contributed by atoms with E-state index < -0.39 is 5.97 Å². The molecule has 0 bridgehead atoms. The smallest absolute Gasteiger partial charge is 0.356 e. The average Bonchev–Trinajstić information content (AvgIpc) is 2.39. The molecular weight excluding hydrogens is 244 g/mol. The molecule has 19 heavy (non-hydrogen) atoms. The number of hydrogen-bond donors (Lipinski definition) is 2. The number of nitrogens with two attached hydrogens (primary N) is 1. The fourth-order valence-electron chi connectivity index (χ4n) is 1.59. The summed E-state index contributed by atoms with van der Waals surface area (Å²) in [7, 11) is 5.42. The number of nitrogens with one attached hydrogen (secondary N) is 1.